The molecule has 0 atom stereocenters. The smallest absolute Gasteiger partial charge is 0.246 e. The highest BCUT2D eigenvalue weighted by Gasteiger charge is 2.31. The van der Waals surface area contributed by atoms with E-state index in [2.05, 4.69) is 5.32 Å². The second-order valence-electron chi connectivity index (χ2n) is 7.20. The number of halogens is 2. The molecule has 1 heterocycles. The highest BCUT2D eigenvalue weighted by Crippen LogP contribution is 2.32. The third-order valence-corrected chi connectivity index (χ3v) is 7.97. The number of ether oxygens (including phenoxy) is 2. The molecule has 1 N–H and O–H groups in total. The maximum atomic E-state index is 13.1. The highest BCUT2D eigenvalue weighted by molar-refractivity contribution is 7.89. The molecule has 174 valence electrons. The van der Waals surface area contributed by atoms with Gasteiger partial charge in [-0.1, -0.05) is 29.3 Å². The first kappa shape index (κ1) is 24.6. The van der Waals surface area contributed by atoms with Crippen LogP contribution in [0.4, 0.5) is 5.69 Å². The molecule has 1 aliphatic rings. The number of sulfonamides is 1. The van der Waals surface area contributed by atoms with Gasteiger partial charge in [0.1, 0.15) is 16.4 Å². The monoisotopic (exact) mass is 501 g/mol. The second-order valence-corrected chi connectivity index (χ2v) is 9.89. The first-order valence-corrected chi connectivity index (χ1v) is 12.1. The number of amides is 1. The molecule has 0 radical (unpaired) electrons. The van der Waals surface area contributed by atoms with Crippen LogP contribution in [0.2, 0.25) is 10.0 Å². The third-order valence-electron chi connectivity index (χ3n) is 5.11. The molecule has 3 rings (SSSR count). The van der Waals surface area contributed by atoms with Crippen molar-refractivity contribution in [3.8, 4) is 11.5 Å². The Hall–Kier alpha value is -2.04. The molecule has 0 aliphatic carbocycles. The fourth-order valence-corrected chi connectivity index (χ4v) is 6.06. The lowest BCUT2D eigenvalue weighted by atomic mass is 10.2. The molecule has 11 heteroatoms. The van der Waals surface area contributed by atoms with Gasteiger partial charge in [0.25, 0.3) is 0 Å². The summed E-state index contributed by atoms with van der Waals surface area (Å²) in [7, 11) is -0.784. The van der Waals surface area contributed by atoms with Gasteiger partial charge in [-0.05, 0) is 37.2 Å². The molecule has 32 heavy (non-hydrogen) atoms. The zero-order valence-electron chi connectivity index (χ0n) is 17.8. The summed E-state index contributed by atoms with van der Waals surface area (Å²) in [5, 5.41) is 3.01. The highest BCUT2D eigenvalue weighted by atomic mass is 35.5. The van der Waals surface area contributed by atoms with Crippen molar-refractivity contribution in [1.29, 1.82) is 0 Å². The fraction of sp³-hybridized carbons (Fsp3) is 0.381. The Bertz CT molecular complexity index is 1060. The Morgan fingerprint density at radius 2 is 1.75 bits per heavy atom. The van der Waals surface area contributed by atoms with Gasteiger partial charge in [0.2, 0.25) is 15.9 Å². The van der Waals surface area contributed by atoms with E-state index in [1.165, 1.54) is 23.5 Å². The lowest BCUT2D eigenvalue weighted by Crippen LogP contribution is -2.38. The van der Waals surface area contributed by atoms with Gasteiger partial charge < -0.3 is 14.8 Å². The average Bonchev–Trinajstić information content (AvgIpc) is 2.99. The molecule has 0 unspecified atom stereocenters. The topological polar surface area (TPSA) is 88.2 Å². The van der Waals surface area contributed by atoms with E-state index in [0.717, 1.165) is 0 Å². The van der Waals surface area contributed by atoms with Crippen molar-refractivity contribution in [2.24, 2.45) is 0 Å². The van der Waals surface area contributed by atoms with E-state index in [1.807, 2.05) is 4.90 Å². The van der Waals surface area contributed by atoms with E-state index >= 15 is 0 Å². The Labute approximate surface area is 198 Å². The third kappa shape index (κ3) is 5.65. The van der Waals surface area contributed by atoms with Crippen LogP contribution in [0.5, 0.6) is 11.5 Å². The van der Waals surface area contributed by atoms with E-state index in [0.29, 0.717) is 43.2 Å². The van der Waals surface area contributed by atoms with Gasteiger partial charge >= 0.3 is 0 Å². The zero-order chi connectivity index (χ0) is 23.3. The number of carbonyl (C=O) groups is 1. The molecule has 0 aromatic heterocycles. The van der Waals surface area contributed by atoms with E-state index in [9.17, 15) is 13.2 Å². The fourth-order valence-electron chi connectivity index (χ4n) is 3.50. The molecule has 1 fully saturated rings. The molecule has 0 spiro atoms. The van der Waals surface area contributed by atoms with Crippen molar-refractivity contribution in [3.05, 3.63) is 46.4 Å². The number of hydrogen-bond donors (Lipinski definition) is 1. The zero-order valence-corrected chi connectivity index (χ0v) is 20.1. The lowest BCUT2D eigenvalue weighted by Gasteiger charge is -2.22. The first-order valence-electron chi connectivity index (χ1n) is 9.94. The minimum atomic E-state index is -3.85. The average molecular weight is 502 g/mol. The van der Waals surface area contributed by atoms with Crippen molar-refractivity contribution in [3.63, 3.8) is 0 Å². The molecule has 0 bridgehead atoms. The summed E-state index contributed by atoms with van der Waals surface area (Å²) in [5.41, 5.74) is 0.533. The predicted octanol–water partition coefficient (Wildman–Crippen LogP) is 3.35. The van der Waals surface area contributed by atoms with Gasteiger partial charge in [-0.25, -0.2) is 8.42 Å². The van der Waals surface area contributed by atoms with Crippen molar-refractivity contribution in [2.75, 3.05) is 52.3 Å². The maximum Gasteiger partial charge on any atom is 0.246 e. The first-order chi connectivity index (χ1) is 15.3. The van der Waals surface area contributed by atoms with E-state index < -0.39 is 10.0 Å². The van der Waals surface area contributed by atoms with Gasteiger partial charge in [0.15, 0.2) is 0 Å². The number of rotatable bonds is 7. The summed E-state index contributed by atoms with van der Waals surface area (Å²) in [5.74, 6) is 0.883. The maximum absolute atomic E-state index is 13.1. The Morgan fingerprint density at radius 1 is 1.03 bits per heavy atom. The Kier molecular flexibility index (Phi) is 8.24. The summed E-state index contributed by atoms with van der Waals surface area (Å²) in [6, 6.07) is 9.73. The summed E-state index contributed by atoms with van der Waals surface area (Å²) >= 11 is 12.2. The van der Waals surface area contributed by atoms with Crippen LogP contribution in [0, 0.1) is 0 Å². The number of nitrogens with one attached hydrogen (secondary N) is 1. The van der Waals surface area contributed by atoms with Crippen LogP contribution in [-0.4, -0.2) is 70.5 Å². The van der Waals surface area contributed by atoms with Crippen LogP contribution in [-0.2, 0) is 14.8 Å². The quantitative estimate of drug-likeness (QED) is 0.625. The summed E-state index contributed by atoms with van der Waals surface area (Å²) < 4.78 is 38.1. The Morgan fingerprint density at radius 3 is 2.41 bits per heavy atom. The number of methoxy groups -OCH3 is 2. The van der Waals surface area contributed by atoms with Crippen molar-refractivity contribution >= 4 is 44.8 Å². The summed E-state index contributed by atoms with van der Waals surface area (Å²) in [6.07, 6.45) is 0.570. The number of nitrogens with zero attached hydrogens (tertiary/aromatic N) is 2. The molecular formula is C21H25Cl2N3O5S. The number of benzene rings is 2. The normalized spacial score (nSPS) is 15.8. The van der Waals surface area contributed by atoms with Crippen molar-refractivity contribution < 1.29 is 22.7 Å². The standard InChI is InChI=1S/C21H25Cl2N3O5S/c1-30-15-7-8-18(19(13-15)31-2)24-20(27)14-25-9-4-10-26(12-11-25)32(28,29)21-16(22)5-3-6-17(21)23/h3,5-8,13H,4,9-12,14H2,1-2H3,(H,24,27). The van der Waals surface area contributed by atoms with Crippen LogP contribution in [0.1, 0.15) is 6.42 Å². The van der Waals surface area contributed by atoms with E-state index in [4.69, 9.17) is 32.7 Å². The molecule has 1 saturated heterocycles. The SMILES string of the molecule is COc1ccc(NC(=O)CN2CCCN(S(=O)(=O)c3c(Cl)cccc3Cl)CC2)c(OC)c1. The number of anilines is 1. The van der Waals surface area contributed by atoms with Crippen LogP contribution in [0.3, 0.4) is 0 Å². The van der Waals surface area contributed by atoms with E-state index in [1.54, 1.807) is 31.4 Å². The molecule has 0 saturated carbocycles. The van der Waals surface area contributed by atoms with E-state index in [-0.39, 0.29) is 33.9 Å². The number of hydrogen-bond acceptors (Lipinski definition) is 6. The molecule has 2 aromatic rings. The summed E-state index contributed by atoms with van der Waals surface area (Å²) in [4.78, 5) is 14.4. The van der Waals surface area contributed by atoms with Crippen molar-refractivity contribution in [1.82, 2.24) is 9.21 Å². The van der Waals surface area contributed by atoms with Gasteiger partial charge in [-0.3, -0.25) is 9.69 Å². The molecule has 1 amide bonds. The summed E-state index contributed by atoms with van der Waals surface area (Å²) in [6.45, 7) is 1.64. The Balaban J connectivity index is 1.64. The molecular weight excluding hydrogens is 477 g/mol. The van der Waals surface area contributed by atoms with Gasteiger partial charge in [-0.15, -0.1) is 0 Å². The largest absolute Gasteiger partial charge is 0.497 e. The molecule has 2 aromatic carbocycles. The number of carbonyl (C=O) groups excluding carboxylic acids is 1. The predicted molar refractivity (Wildman–Crippen MR) is 124 cm³/mol. The van der Waals surface area contributed by atoms with Crippen LogP contribution < -0.4 is 14.8 Å². The van der Waals surface area contributed by atoms with Gasteiger partial charge in [0.05, 0.1) is 36.5 Å². The minimum absolute atomic E-state index is 0.0823. The van der Waals surface area contributed by atoms with Crippen LogP contribution in [0.25, 0.3) is 0 Å². The van der Waals surface area contributed by atoms with Gasteiger partial charge in [0, 0.05) is 25.7 Å². The molecule has 8 nitrogen and oxygen atoms in total. The van der Waals surface area contributed by atoms with Crippen LogP contribution in [0.15, 0.2) is 41.3 Å². The van der Waals surface area contributed by atoms with Gasteiger partial charge in [-0.2, -0.15) is 4.31 Å². The lowest BCUT2D eigenvalue weighted by molar-refractivity contribution is -0.117. The van der Waals surface area contributed by atoms with Crippen molar-refractivity contribution in [2.45, 2.75) is 11.3 Å². The molecule has 1 aliphatic heterocycles. The van der Waals surface area contributed by atoms with Crippen LogP contribution >= 0.6 is 23.2 Å². The minimum Gasteiger partial charge on any atom is -0.497 e. The second kappa shape index (κ2) is 10.7.